The van der Waals surface area contributed by atoms with Crippen LogP contribution in [-0.4, -0.2) is 39.2 Å². The van der Waals surface area contributed by atoms with Gasteiger partial charge in [-0.1, -0.05) is 41.7 Å². The maximum Gasteiger partial charge on any atom is 0.338 e. The molecule has 0 aliphatic carbocycles. The quantitative estimate of drug-likeness (QED) is 0.175. The minimum atomic E-state index is -0.980. The average molecular weight is 589 g/mol. The van der Waals surface area contributed by atoms with Crippen molar-refractivity contribution in [2.45, 2.75) is 40.3 Å². The predicted molar refractivity (Wildman–Crippen MR) is 157 cm³/mol. The van der Waals surface area contributed by atoms with Crippen LogP contribution in [0.3, 0.4) is 0 Å². The lowest BCUT2D eigenvalue weighted by atomic mass is 9.94. The molecule has 1 aliphatic heterocycles. The number of esters is 2. The van der Waals surface area contributed by atoms with Gasteiger partial charge >= 0.3 is 11.9 Å². The number of aryl methyl sites for hydroxylation is 1. The lowest BCUT2D eigenvalue weighted by molar-refractivity contribution is -0.385. The lowest BCUT2D eigenvalue weighted by Crippen LogP contribution is -2.40. The van der Waals surface area contributed by atoms with Crippen LogP contribution in [0.25, 0.3) is 17.0 Å². The Labute approximate surface area is 243 Å². The van der Waals surface area contributed by atoms with Crippen LogP contribution in [0.4, 0.5) is 5.69 Å². The van der Waals surface area contributed by atoms with E-state index in [2.05, 4.69) is 4.99 Å². The van der Waals surface area contributed by atoms with E-state index in [4.69, 9.17) is 9.47 Å². The highest BCUT2D eigenvalue weighted by molar-refractivity contribution is 7.07. The molecule has 0 fully saturated rings. The summed E-state index contributed by atoms with van der Waals surface area (Å²) in [6.45, 7) is 7.08. The van der Waals surface area contributed by atoms with Crippen LogP contribution < -0.4 is 14.9 Å². The summed E-state index contributed by atoms with van der Waals surface area (Å²) in [5.74, 6) is -1.03. The van der Waals surface area contributed by atoms with Crippen molar-refractivity contribution in [1.82, 2.24) is 9.13 Å². The van der Waals surface area contributed by atoms with Gasteiger partial charge in [0, 0.05) is 34.3 Å². The maximum absolute atomic E-state index is 14.0. The van der Waals surface area contributed by atoms with E-state index in [1.807, 2.05) is 24.3 Å². The molecule has 0 unspecified atom stereocenters. The maximum atomic E-state index is 14.0. The molecule has 0 N–H and O–H groups in total. The van der Waals surface area contributed by atoms with Gasteiger partial charge in [-0.05, 0) is 45.4 Å². The molecule has 1 atom stereocenters. The molecule has 2 aromatic heterocycles. The largest absolute Gasteiger partial charge is 0.465 e. The molecule has 2 aromatic carbocycles. The number of benzene rings is 2. The van der Waals surface area contributed by atoms with Gasteiger partial charge in [-0.15, -0.1) is 0 Å². The smallest absolute Gasteiger partial charge is 0.338 e. The minimum Gasteiger partial charge on any atom is -0.465 e. The Morgan fingerprint density at radius 2 is 1.86 bits per heavy atom. The number of hydrogen-bond acceptors (Lipinski definition) is 9. The highest BCUT2D eigenvalue weighted by atomic mass is 32.1. The Morgan fingerprint density at radius 1 is 1.12 bits per heavy atom. The van der Waals surface area contributed by atoms with Crippen LogP contribution in [0.1, 0.15) is 43.5 Å². The number of allylic oxidation sites excluding steroid dienone is 1. The zero-order chi connectivity index (χ0) is 30.1. The van der Waals surface area contributed by atoms with E-state index >= 15 is 0 Å². The summed E-state index contributed by atoms with van der Waals surface area (Å²) < 4.78 is 13.9. The molecule has 4 aromatic rings. The number of nitro groups is 1. The Morgan fingerprint density at radius 3 is 2.57 bits per heavy atom. The number of thiazole rings is 1. The van der Waals surface area contributed by atoms with Crippen LogP contribution in [0, 0.1) is 17.0 Å². The van der Waals surface area contributed by atoms with Gasteiger partial charge in [0.15, 0.2) is 4.80 Å². The van der Waals surface area contributed by atoms with E-state index < -0.39 is 22.5 Å². The van der Waals surface area contributed by atoms with E-state index in [0.717, 1.165) is 22.2 Å². The van der Waals surface area contributed by atoms with Crippen LogP contribution in [0.15, 0.2) is 69.7 Å². The second-order valence-electron chi connectivity index (χ2n) is 9.64. The summed E-state index contributed by atoms with van der Waals surface area (Å²) in [4.78, 5) is 55.6. The molecule has 0 bridgehead atoms. The molecule has 0 spiro atoms. The molecule has 3 heterocycles. The van der Waals surface area contributed by atoms with Gasteiger partial charge in [0.1, 0.15) is 6.54 Å². The van der Waals surface area contributed by atoms with Crippen molar-refractivity contribution in [1.29, 1.82) is 0 Å². The molecule has 1 aliphatic rings. The third kappa shape index (κ3) is 5.16. The van der Waals surface area contributed by atoms with E-state index in [9.17, 15) is 24.5 Å². The zero-order valence-corrected chi connectivity index (χ0v) is 24.3. The van der Waals surface area contributed by atoms with E-state index in [1.165, 1.54) is 10.6 Å². The van der Waals surface area contributed by atoms with Gasteiger partial charge in [0.2, 0.25) is 0 Å². The number of hydrogen-bond donors (Lipinski definition) is 0. The first-order chi connectivity index (χ1) is 20.1. The number of nitrogens with zero attached hydrogens (tertiary/aromatic N) is 4. The molecule has 42 heavy (non-hydrogen) atoms. The van der Waals surface area contributed by atoms with E-state index in [0.29, 0.717) is 31.7 Å². The minimum absolute atomic E-state index is 0.0116. The Hall–Kier alpha value is -4.84. The summed E-state index contributed by atoms with van der Waals surface area (Å²) in [6.07, 6.45) is 3.52. The summed E-state index contributed by atoms with van der Waals surface area (Å²) in [6, 6.07) is 11.2. The fraction of sp³-hybridized carbons (Fsp3) is 0.267. The van der Waals surface area contributed by atoms with Crippen molar-refractivity contribution >= 4 is 45.9 Å². The van der Waals surface area contributed by atoms with Gasteiger partial charge in [-0.2, -0.15) is 0 Å². The summed E-state index contributed by atoms with van der Waals surface area (Å²) in [7, 11) is 0. The van der Waals surface area contributed by atoms with Crippen molar-refractivity contribution < 1.29 is 24.0 Å². The average Bonchev–Trinajstić information content (AvgIpc) is 3.44. The number of ether oxygens (including phenoxy) is 2. The number of carbonyl (C=O) groups is 2. The Kier molecular flexibility index (Phi) is 7.90. The van der Waals surface area contributed by atoms with Crippen LogP contribution >= 0.6 is 11.3 Å². The summed E-state index contributed by atoms with van der Waals surface area (Å²) >= 11 is 1.15. The van der Waals surface area contributed by atoms with Crippen LogP contribution in [-0.2, 0) is 25.6 Å². The first-order valence-corrected chi connectivity index (χ1v) is 14.1. The lowest BCUT2D eigenvalue weighted by Gasteiger charge is -2.24. The molecular weight excluding hydrogens is 560 g/mol. The SMILES string of the molecule is CCOC(=O)Cn1cc(/C=c2/sc3n(c2=O)[C@H](c2ccc(C)c([N+](=O)[O-])c2)C(C(=O)OCC)=C(C)N=3)c2ccccc21. The number of carbonyl (C=O) groups excluding carboxylic acids is 2. The van der Waals surface area contributed by atoms with Crippen molar-refractivity contribution in [2.24, 2.45) is 4.99 Å². The van der Waals surface area contributed by atoms with Crippen molar-refractivity contribution in [3.05, 3.63) is 106 Å². The molecular formula is C30H28N4O7S. The second-order valence-corrected chi connectivity index (χ2v) is 10.6. The van der Waals surface area contributed by atoms with E-state index in [1.54, 1.807) is 56.7 Å². The number of rotatable bonds is 8. The number of aromatic nitrogens is 2. The molecule has 216 valence electrons. The first-order valence-electron chi connectivity index (χ1n) is 13.3. The standard InChI is InChI=1S/C30H28N4O7S/c1-5-40-25(35)16-32-15-20(21-9-7-8-10-22(21)32)14-24-28(36)33-27(19-12-11-17(3)23(13-19)34(38)39)26(29(37)41-6-2)18(4)31-30(33)42-24/h7-15,27H,5-6,16H2,1-4H3/b24-14+/t27-/m1/s1. The van der Waals surface area contributed by atoms with Crippen molar-refractivity contribution in [3.8, 4) is 0 Å². The van der Waals surface area contributed by atoms with Gasteiger partial charge in [-0.3, -0.25) is 24.3 Å². The monoisotopic (exact) mass is 588 g/mol. The number of nitro benzene ring substituents is 1. The molecule has 11 nitrogen and oxygen atoms in total. The molecule has 12 heteroatoms. The molecule has 0 amide bonds. The Bertz CT molecular complexity index is 1960. The van der Waals surface area contributed by atoms with Gasteiger partial charge in [-0.25, -0.2) is 9.79 Å². The topological polar surface area (TPSA) is 135 Å². The van der Waals surface area contributed by atoms with Gasteiger partial charge in [0.25, 0.3) is 11.2 Å². The summed E-state index contributed by atoms with van der Waals surface area (Å²) in [5, 5.41) is 12.6. The molecule has 0 radical (unpaired) electrons. The molecule has 5 rings (SSSR count). The van der Waals surface area contributed by atoms with Gasteiger partial charge < -0.3 is 14.0 Å². The number of fused-ring (bicyclic) bond motifs is 2. The fourth-order valence-corrected chi connectivity index (χ4v) is 6.15. The van der Waals surface area contributed by atoms with Crippen LogP contribution in [0.5, 0.6) is 0 Å². The first kappa shape index (κ1) is 28.7. The Balaban J connectivity index is 1.72. The number of para-hydroxylation sites is 1. The predicted octanol–water partition coefficient (Wildman–Crippen LogP) is 3.53. The van der Waals surface area contributed by atoms with Crippen molar-refractivity contribution in [3.63, 3.8) is 0 Å². The third-order valence-electron chi connectivity index (χ3n) is 6.97. The van der Waals surface area contributed by atoms with Crippen LogP contribution in [0.2, 0.25) is 0 Å². The molecule has 0 saturated carbocycles. The highest BCUT2D eigenvalue weighted by Gasteiger charge is 2.34. The molecule has 0 saturated heterocycles. The third-order valence-corrected chi connectivity index (χ3v) is 7.96. The summed E-state index contributed by atoms with van der Waals surface area (Å²) in [5.41, 5.74) is 2.32. The van der Waals surface area contributed by atoms with Crippen molar-refractivity contribution in [2.75, 3.05) is 13.2 Å². The van der Waals surface area contributed by atoms with Gasteiger partial charge in [0.05, 0.1) is 40.0 Å². The van der Waals surface area contributed by atoms with E-state index in [-0.39, 0.29) is 37.0 Å². The fourth-order valence-electron chi connectivity index (χ4n) is 5.11. The normalized spacial score (nSPS) is 15.0. The second kappa shape index (κ2) is 11.6. The highest BCUT2D eigenvalue weighted by Crippen LogP contribution is 2.33. The zero-order valence-electron chi connectivity index (χ0n) is 23.4.